The van der Waals surface area contributed by atoms with Crippen LogP contribution in [0.25, 0.3) is 9.88 Å². The minimum atomic E-state index is -3.69. The van der Waals surface area contributed by atoms with E-state index in [4.69, 9.17) is 0 Å². The third-order valence-corrected chi connectivity index (χ3v) is 9.43. The van der Waals surface area contributed by atoms with Crippen LogP contribution in [0.5, 0.6) is 0 Å². The topological polar surface area (TPSA) is 79.4 Å². The number of carbonyl (C=O) groups is 1. The number of carbonyl (C=O) groups excluding carboxylic acids is 1. The molecular formula is C19H19N3O3S4. The second-order valence-corrected chi connectivity index (χ2v) is 11.1. The predicted molar refractivity (Wildman–Crippen MR) is 119 cm³/mol. The molecule has 6 nitrogen and oxygen atoms in total. The van der Waals surface area contributed by atoms with Crippen molar-refractivity contribution in [1.82, 2.24) is 14.6 Å². The number of aromatic nitrogens is 1. The Kier molecular flexibility index (Phi) is 6.35. The lowest BCUT2D eigenvalue weighted by molar-refractivity contribution is -0.123. The minimum Gasteiger partial charge on any atom is -0.354 e. The molecule has 1 saturated heterocycles. The van der Waals surface area contributed by atoms with E-state index in [1.54, 1.807) is 53.0 Å². The van der Waals surface area contributed by atoms with Gasteiger partial charge in [0.25, 0.3) is 0 Å². The fraction of sp³-hybridized carbons (Fsp3) is 0.263. The van der Waals surface area contributed by atoms with Gasteiger partial charge in [0.1, 0.15) is 11.0 Å². The van der Waals surface area contributed by atoms with Crippen LogP contribution in [0.1, 0.15) is 5.69 Å². The molecule has 3 aromatic rings. The molecule has 1 aliphatic heterocycles. The number of nitrogens with zero attached hydrogens (tertiary/aromatic N) is 2. The van der Waals surface area contributed by atoms with Crippen molar-refractivity contribution in [3.63, 3.8) is 0 Å². The second kappa shape index (κ2) is 8.97. The predicted octanol–water partition coefficient (Wildman–Crippen LogP) is 3.29. The third-order valence-electron chi connectivity index (χ3n) is 4.46. The number of hydrogen-bond acceptors (Lipinski definition) is 7. The number of thiazole rings is 1. The van der Waals surface area contributed by atoms with Gasteiger partial charge in [-0.25, -0.2) is 13.4 Å². The van der Waals surface area contributed by atoms with E-state index in [1.165, 1.54) is 16.1 Å². The van der Waals surface area contributed by atoms with Gasteiger partial charge in [-0.15, -0.1) is 34.4 Å². The monoisotopic (exact) mass is 465 g/mol. The number of amides is 1. The van der Waals surface area contributed by atoms with Gasteiger partial charge in [0, 0.05) is 24.1 Å². The van der Waals surface area contributed by atoms with Crippen molar-refractivity contribution >= 4 is 50.4 Å². The van der Waals surface area contributed by atoms with E-state index >= 15 is 0 Å². The van der Waals surface area contributed by atoms with Gasteiger partial charge in [-0.05, 0) is 23.6 Å². The van der Waals surface area contributed by atoms with Gasteiger partial charge in [0.05, 0.1) is 21.3 Å². The first-order valence-corrected chi connectivity index (χ1v) is 13.3. The maximum absolute atomic E-state index is 12.9. The van der Waals surface area contributed by atoms with Crippen molar-refractivity contribution in [2.75, 3.05) is 18.2 Å². The molecule has 1 aromatic carbocycles. The summed E-state index contributed by atoms with van der Waals surface area (Å²) >= 11 is 4.69. The first-order chi connectivity index (χ1) is 14.1. The lowest BCUT2D eigenvalue weighted by Crippen LogP contribution is -2.47. The molecule has 1 atom stereocenters. The molecule has 0 spiro atoms. The lowest BCUT2D eigenvalue weighted by Gasteiger charge is -2.22. The van der Waals surface area contributed by atoms with Crippen molar-refractivity contribution in [3.05, 3.63) is 58.9 Å². The molecule has 0 radical (unpaired) electrons. The van der Waals surface area contributed by atoms with E-state index in [1.807, 2.05) is 22.9 Å². The number of thiophene rings is 1. The highest BCUT2D eigenvalue weighted by Crippen LogP contribution is 2.29. The fourth-order valence-electron chi connectivity index (χ4n) is 2.97. The third kappa shape index (κ3) is 4.56. The van der Waals surface area contributed by atoms with Crippen LogP contribution in [-0.2, 0) is 21.2 Å². The SMILES string of the molecule is O=C(NCCc1csc(-c2cccs2)n1)[C@H]1CSCN1S(=O)(=O)c1ccccc1. The largest absolute Gasteiger partial charge is 0.354 e. The van der Waals surface area contributed by atoms with Crippen molar-refractivity contribution in [1.29, 1.82) is 0 Å². The number of rotatable bonds is 7. The Morgan fingerprint density at radius 2 is 2.00 bits per heavy atom. The van der Waals surface area contributed by atoms with E-state index in [0.717, 1.165) is 15.6 Å². The molecule has 0 unspecified atom stereocenters. The number of thioether (sulfide) groups is 1. The van der Waals surface area contributed by atoms with E-state index < -0.39 is 16.1 Å². The molecule has 0 aliphatic carbocycles. The highest BCUT2D eigenvalue weighted by Gasteiger charge is 2.39. The molecule has 1 N–H and O–H groups in total. The smallest absolute Gasteiger partial charge is 0.244 e. The Morgan fingerprint density at radius 3 is 2.76 bits per heavy atom. The number of nitrogens with one attached hydrogen (secondary N) is 1. The second-order valence-electron chi connectivity index (χ2n) is 6.38. The Hall–Kier alpha value is -1.72. The molecule has 3 heterocycles. The molecular weight excluding hydrogens is 446 g/mol. The maximum atomic E-state index is 12.9. The molecule has 152 valence electrons. The van der Waals surface area contributed by atoms with Crippen molar-refractivity contribution in [2.45, 2.75) is 17.4 Å². The zero-order valence-corrected chi connectivity index (χ0v) is 18.6. The summed E-state index contributed by atoms with van der Waals surface area (Å²) in [6.07, 6.45) is 0.610. The Morgan fingerprint density at radius 1 is 1.17 bits per heavy atom. The summed E-state index contributed by atoms with van der Waals surface area (Å²) in [7, 11) is -3.69. The van der Waals surface area contributed by atoms with Crippen molar-refractivity contribution < 1.29 is 13.2 Å². The van der Waals surface area contributed by atoms with Gasteiger partial charge in [-0.1, -0.05) is 24.3 Å². The minimum absolute atomic E-state index is 0.212. The van der Waals surface area contributed by atoms with E-state index in [0.29, 0.717) is 18.7 Å². The average Bonchev–Trinajstić information content (AvgIpc) is 3.49. The van der Waals surface area contributed by atoms with Gasteiger partial charge >= 0.3 is 0 Å². The first-order valence-electron chi connectivity index (χ1n) is 8.96. The molecule has 0 bridgehead atoms. The summed E-state index contributed by atoms with van der Waals surface area (Å²) in [6.45, 7) is 0.423. The van der Waals surface area contributed by atoms with Gasteiger partial charge in [0.15, 0.2) is 0 Å². The summed E-state index contributed by atoms with van der Waals surface area (Å²) in [5.74, 6) is 0.478. The van der Waals surface area contributed by atoms with Gasteiger partial charge in [-0.3, -0.25) is 4.79 Å². The summed E-state index contributed by atoms with van der Waals surface area (Å²) in [4.78, 5) is 18.6. The summed E-state index contributed by atoms with van der Waals surface area (Å²) in [6, 6.07) is 11.6. The van der Waals surface area contributed by atoms with Crippen LogP contribution >= 0.6 is 34.4 Å². The molecule has 10 heteroatoms. The van der Waals surface area contributed by atoms with Crippen LogP contribution in [0.2, 0.25) is 0 Å². The Balaban J connectivity index is 1.36. The standard InChI is InChI=1S/C19H19N3O3S4/c23-18(20-9-8-14-11-28-19(21-14)17-7-4-10-27-17)16-12-26-13-22(16)29(24,25)15-5-2-1-3-6-15/h1-7,10-11,16H,8-9,12-13H2,(H,20,23)/t16-/m1/s1. The van der Waals surface area contributed by atoms with Crippen LogP contribution in [0.3, 0.4) is 0 Å². The Bertz CT molecular complexity index is 1070. The fourth-order valence-corrected chi connectivity index (χ4v) is 7.80. The first kappa shape index (κ1) is 20.5. The molecule has 0 saturated carbocycles. The molecule has 1 amide bonds. The highest BCUT2D eigenvalue weighted by molar-refractivity contribution is 8.00. The van der Waals surface area contributed by atoms with Crippen LogP contribution < -0.4 is 5.32 Å². The summed E-state index contributed by atoms with van der Waals surface area (Å²) in [5, 5.41) is 7.88. The lowest BCUT2D eigenvalue weighted by atomic mass is 10.3. The van der Waals surface area contributed by atoms with Crippen LogP contribution in [0, 0.1) is 0 Å². The van der Waals surface area contributed by atoms with Gasteiger partial charge < -0.3 is 5.32 Å². The van der Waals surface area contributed by atoms with E-state index in [-0.39, 0.29) is 16.7 Å². The number of sulfonamides is 1. The molecule has 4 rings (SSSR count). The van der Waals surface area contributed by atoms with Crippen molar-refractivity contribution in [2.24, 2.45) is 0 Å². The normalized spacial score (nSPS) is 17.4. The molecule has 1 fully saturated rings. The van der Waals surface area contributed by atoms with Crippen molar-refractivity contribution in [3.8, 4) is 9.88 Å². The maximum Gasteiger partial charge on any atom is 0.244 e. The average molecular weight is 466 g/mol. The van der Waals surface area contributed by atoms with Crippen LogP contribution in [0.15, 0.2) is 58.1 Å². The highest BCUT2D eigenvalue weighted by atomic mass is 32.2. The van der Waals surface area contributed by atoms with Gasteiger partial charge in [0.2, 0.25) is 15.9 Å². The zero-order chi connectivity index (χ0) is 20.3. The molecule has 29 heavy (non-hydrogen) atoms. The van der Waals surface area contributed by atoms with Gasteiger partial charge in [-0.2, -0.15) is 4.31 Å². The summed E-state index contributed by atoms with van der Waals surface area (Å²) < 4.78 is 27.1. The summed E-state index contributed by atoms with van der Waals surface area (Å²) in [5.41, 5.74) is 0.924. The van der Waals surface area contributed by atoms with E-state index in [2.05, 4.69) is 10.3 Å². The molecule has 1 aliphatic rings. The zero-order valence-electron chi connectivity index (χ0n) is 15.4. The van der Waals surface area contributed by atoms with E-state index in [9.17, 15) is 13.2 Å². The number of benzene rings is 1. The Labute approximate surface area is 182 Å². The number of hydrogen-bond donors (Lipinski definition) is 1. The quantitative estimate of drug-likeness (QED) is 0.579. The molecule has 2 aromatic heterocycles. The van der Waals surface area contributed by atoms with Crippen LogP contribution in [-0.4, -0.2) is 47.8 Å². The van der Waals surface area contributed by atoms with Crippen LogP contribution in [0.4, 0.5) is 0 Å².